The quantitative estimate of drug-likeness (QED) is 0.443. The number of nitrogens with one attached hydrogen (secondary N) is 2. The van der Waals surface area contributed by atoms with Gasteiger partial charge in [0.1, 0.15) is 5.82 Å². The Morgan fingerprint density at radius 1 is 1.20 bits per heavy atom. The van der Waals surface area contributed by atoms with E-state index in [1.807, 2.05) is 55.5 Å². The molecule has 0 spiro atoms. The molecule has 0 aliphatic heterocycles. The van der Waals surface area contributed by atoms with Gasteiger partial charge in [-0.05, 0) is 53.1 Å². The molecule has 0 aliphatic rings. The number of hydrogen-bond acceptors (Lipinski definition) is 6. The monoisotopic (exact) mass is 421 g/mol. The number of aryl methyl sites for hydroxylation is 1. The summed E-state index contributed by atoms with van der Waals surface area (Å²) in [6, 6.07) is 15.5. The maximum atomic E-state index is 12.7. The molecule has 9 heteroatoms. The molecule has 0 radical (unpaired) electrons. The van der Waals surface area contributed by atoms with Gasteiger partial charge in [0.2, 0.25) is 11.1 Å². The largest absolute Gasteiger partial charge is 0.345 e. The topological polar surface area (TPSA) is 101 Å². The normalized spacial score (nSPS) is 12.4. The zero-order valence-electron chi connectivity index (χ0n) is 17.0. The van der Waals surface area contributed by atoms with E-state index in [2.05, 4.69) is 44.7 Å². The van der Waals surface area contributed by atoms with Crippen LogP contribution in [0.4, 0.5) is 0 Å². The average molecular weight is 422 g/mol. The summed E-state index contributed by atoms with van der Waals surface area (Å²) in [5.41, 5.74) is 3.82. The standard InChI is InChI=1S/C21H23N7OS/c1-13(2)19(20-22-16-9-4-5-10-17(16)23-20)24-18(29)12-30-21-25-26-27-28(21)15-8-6-7-14(3)11-15/h4-11,13,19H,12H2,1-3H3,(H,22,23)(H,24,29)/t19-/m1/s1. The molecule has 0 saturated heterocycles. The predicted molar refractivity (Wildman–Crippen MR) is 116 cm³/mol. The number of imidazole rings is 1. The molecule has 4 rings (SSSR count). The van der Waals surface area contributed by atoms with Crippen molar-refractivity contribution in [3.05, 3.63) is 59.9 Å². The highest BCUT2D eigenvalue weighted by atomic mass is 32.2. The van der Waals surface area contributed by atoms with Gasteiger partial charge in [-0.1, -0.05) is 49.9 Å². The first-order valence-corrected chi connectivity index (χ1v) is 10.7. The summed E-state index contributed by atoms with van der Waals surface area (Å²) in [6.07, 6.45) is 0. The van der Waals surface area contributed by atoms with Gasteiger partial charge in [0.15, 0.2) is 0 Å². The third-order valence-corrected chi connectivity index (χ3v) is 5.62. The van der Waals surface area contributed by atoms with Gasteiger partial charge >= 0.3 is 0 Å². The molecule has 0 aliphatic carbocycles. The molecule has 8 nitrogen and oxygen atoms in total. The fourth-order valence-corrected chi connectivity index (χ4v) is 3.91. The molecule has 0 bridgehead atoms. The van der Waals surface area contributed by atoms with E-state index in [1.165, 1.54) is 11.8 Å². The Kier molecular flexibility index (Phi) is 5.80. The fraction of sp³-hybridized carbons (Fsp3) is 0.286. The van der Waals surface area contributed by atoms with Crippen molar-refractivity contribution in [2.75, 3.05) is 5.75 Å². The highest BCUT2D eigenvalue weighted by Gasteiger charge is 2.22. The van der Waals surface area contributed by atoms with Gasteiger partial charge in [0.25, 0.3) is 0 Å². The number of fused-ring (bicyclic) bond motifs is 1. The van der Waals surface area contributed by atoms with Gasteiger partial charge in [0, 0.05) is 0 Å². The van der Waals surface area contributed by atoms with Crippen molar-refractivity contribution in [3.8, 4) is 5.69 Å². The molecule has 2 aromatic carbocycles. The fourth-order valence-electron chi connectivity index (χ4n) is 3.21. The number of para-hydroxylation sites is 2. The number of thioether (sulfide) groups is 1. The van der Waals surface area contributed by atoms with Crippen molar-refractivity contribution >= 4 is 28.7 Å². The molecule has 0 saturated carbocycles. The molecule has 0 fully saturated rings. The Morgan fingerprint density at radius 2 is 2.03 bits per heavy atom. The van der Waals surface area contributed by atoms with Gasteiger partial charge < -0.3 is 10.3 Å². The minimum atomic E-state index is -0.210. The first-order chi connectivity index (χ1) is 14.5. The smallest absolute Gasteiger partial charge is 0.231 e. The number of rotatable bonds is 7. The first kappa shape index (κ1) is 20.1. The third kappa shape index (κ3) is 4.35. The van der Waals surface area contributed by atoms with Crippen molar-refractivity contribution < 1.29 is 4.79 Å². The van der Waals surface area contributed by atoms with Crippen molar-refractivity contribution in [2.45, 2.75) is 32.0 Å². The van der Waals surface area contributed by atoms with Gasteiger partial charge in [-0.15, -0.1) is 5.10 Å². The number of benzene rings is 2. The Bertz CT molecular complexity index is 1130. The van der Waals surface area contributed by atoms with E-state index in [0.29, 0.717) is 5.16 Å². The number of aromatic nitrogens is 6. The summed E-state index contributed by atoms with van der Waals surface area (Å²) < 4.78 is 1.64. The summed E-state index contributed by atoms with van der Waals surface area (Å²) in [5.74, 6) is 1.04. The second-order valence-electron chi connectivity index (χ2n) is 7.43. The molecule has 1 atom stereocenters. The molecule has 4 aromatic rings. The van der Waals surface area contributed by atoms with Crippen molar-refractivity contribution in [1.29, 1.82) is 0 Å². The molecule has 2 aromatic heterocycles. The van der Waals surface area contributed by atoms with Crippen LogP contribution in [0.2, 0.25) is 0 Å². The first-order valence-electron chi connectivity index (χ1n) is 9.73. The van der Waals surface area contributed by atoms with E-state index in [9.17, 15) is 4.79 Å². The Morgan fingerprint density at radius 3 is 2.80 bits per heavy atom. The number of aromatic amines is 1. The Hall–Kier alpha value is -3.20. The van der Waals surface area contributed by atoms with Crippen molar-refractivity contribution in [2.24, 2.45) is 5.92 Å². The van der Waals surface area contributed by atoms with Crippen LogP contribution in [0.15, 0.2) is 53.7 Å². The molecule has 2 heterocycles. The second-order valence-corrected chi connectivity index (χ2v) is 8.37. The Labute approximate surface area is 178 Å². The number of nitrogens with zero attached hydrogens (tertiary/aromatic N) is 5. The van der Waals surface area contributed by atoms with E-state index >= 15 is 0 Å². The maximum Gasteiger partial charge on any atom is 0.231 e. The van der Waals surface area contributed by atoms with Crippen LogP contribution < -0.4 is 5.32 Å². The summed E-state index contributed by atoms with van der Waals surface area (Å²) in [5, 5.41) is 15.5. The number of hydrogen-bond donors (Lipinski definition) is 2. The molecule has 154 valence electrons. The molecule has 30 heavy (non-hydrogen) atoms. The van der Waals surface area contributed by atoms with Crippen LogP contribution in [0, 0.1) is 12.8 Å². The number of H-pyrrole nitrogens is 1. The highest BCUT2D eigenvalue weighted by molar-refractivity contribution is 7.99. The second kappa shape index (κ2) is 8.66. The number of carbonyl (C=O) groups excluding carboxylic acids is 1. The van der Waals surface area contributed by atoms with E-state index in [1.54, 1.807) is 4.68 Å². The Balaban J connectivity index is 1.44. The molecule has 2 N–H and O–H groups in total. The van der Waals surface area contributed by atoms with Crippen LogP contribution in [0.5, 0.6) is 0 Å². The van der Waals surface area contributed by atoms with Crippen molar-refractivity contribution in [1.82, 2.24) is 35.5 Å². The number of tetrazole rings is 1. The summed E-state index contributed by atoms with van der Waals surface area (Å²) >= 11 is 1.30. The average Bonchev–Trinajstić information content (AvgIpc) is 3.36. The zero-order valence-corrected chi connectivity index (χ0v) is 17.8. The van der Waals surface area contributed by atoms with Crippen LogP contribution in [0.1, 0.15) is 31.3 Å². The molecular weight excluding hydrogens is 398 g/mol. The highest BCUT2D eigenvalue weighted by Crippen LogP contribution is 2.23. The number of amides is 1. The lowest BCUT2D eigenvalue weighted by Gasteiger charge is -2.20. The lowest BCUT2D eigenvalue weighted by atomic mass is 10.0. The van der Waals surface area contributed by atoms with E-state index < -0.39 is 0 Å². The molecular formula is C21H23N7OS. The lowest BCUT2D eigenvalue weighted by Crippen LogP contribution is -2.33. The zero-order chi connectivity index (χ0) is 21.1. The lowest BCUT2D eigenvalue weighted by molar-refractivity contribution is -0.119. The minimum Gasteiger partial charge on any atom is -0.345 e. The van der Waals surface area contributed by atoms with E-state index in [4.69, 9.17) is 0 Å². The van der Waals surface area contributed by atoms with E-state index in [0.717, 1.165) is 28.1 Å². The SMILES string of the molecule is Cc1cccc(-n2nnnc2SCC(=O)N[C@@H](c2nc3ccccc3[nH]2)C(C)C)c1. The van der Waals surface area contributed by atoms with Crippen LogP contribution >= 0.6 is 11.8 Å². The summed E-state index contributed by atoms with van der Waals surface area (Å²) in [7, 11) is 0. The van der Waals surface area contributed by atoms with Gasteiger partial charge in [-0.2, -0.15) is 4.68 Å². The predicted octanol–water partition coefficient (Wildman–Crippen LogP) is 3.45. The van der Waals surface area contributed by atoms with Crippen molar-refractivity contribution in [3.63, 3.8) is 0 Å². The molecule has 1 amide bonds. The van der Waals surface area contributed by atoms with Crippen LogP contribution in [-0.2, 0) is 4.79 Å². The summed E-state index contributed by atoms with van der Waals surface area (Å²) in [4.78, 5) is 20.7. The summed E-state index contributed by atoms with van der Waals surface area (Å²) in [6.45, 7) is 6.13. The maximum absolute atomic E-state index is 12.7. The van der Waals surface area contributed by atoms with Crippen LogP contribution in [0.3, 0.4) is 0 Å². The van der Waals surface area contributed by atoms with Gasteiger partial charge in [0.05, 0.1) is 28.5 Å². The third-order valence-electron chi connectivity index (χ3n) is 4.70. The van der Waals surface area contributed by atoms with Crippen LogP contribution in [0.25, 0.3) is 16.7 Å². The van der Waals surface area contributed by atoms with Gasteiger partial charge in [-0.3, -0.25) is 4.79 Å². The molecule has 0 unspecified atom stereocenters. The van der Waals surface area contributed by atoms with Crippen LogP contribution in [-0.4, -0.2) is 41.8 Å². The van der Waals surface area contributed by atoms with E-state index in [-0.39, 0.29) is 23.6 Å². The number of carbonyl (C=O) groups is 1. The minimum absolute atomic E-state index is 0.0991. The van der Waals surface area contributed by atoms with Gasteiger partial charge in [-0.25, -0.2) is 4.98 Å².